The third kappa shape index (κ3) is 4.93. The number of rotatable bonds is 6. The average Bonchev–Trinajstić information content (AvgIpc) is 2.50. The van der Waals surface area contributed by atoms with Gasteiger partial charge in [-0.05, 0) is 30.2 Å². The number of halogens is 2. The summed E-state index contributed by atoms with van der Waals surface area (Å²) < 4.78 is 31.5. The third-order valence-electron chi connectivity index (χ3n) is 3.10. The molecule has 2 aromatic rings. The van der Waals surface area contributed by atoms with Crippen LogP contribution in [0, 0.1) is 11.6 Å². The normalized spacial score (nSPS) is 12.0. The largest absolute Gasteiger partial charge is 0.364 e. The van der Waals surface area contributed by atoms with Gasteiger partial charge < -0.3 is 10.1 Å². The SMILES string of the molecule is CC(OCc1ccccc1)C(=O)NCc1cc(F)cc(F)c1. The smallest absolute Gasteiger partial charge is 0.249 e. The maximum Gasteiger partial charge on any atom is 0.249 e. The molecule has 1 amide bonds. The van der Waals surface area contributed by atoms with Crippen LogP contribution in [0.15, 0.2) is 48.5 Å². The number of nitrogens with one attached hydrogen (secondary N) is 1. The number of benzene rings is 2. The Morgan fingerprint density at radius 2 is 1.73 bits per heavy atom. The molecule has 0 spiro atoms. The van der Waals surface area contributed by atoms with E-state index in [0.717, 1.165) is 11.6 Å². The molecule has 2 aromatic carbocycles. The van der Waals surface area contributed by atoms with Gasteiger partial charge in [0.1, 0.15) is 17.7 Å². The summed E-state index contributed by atoms with van der Waals surface area (Å²) >= 11 is 0. The average molecular weight is 305 g/mol. The second-order valence-corrected chi connectivity index (χ2v) is 4.93. The Kier molecular flexibility index (Phi) is 5.61. The summed E-state index contributed by atoms with van der Waals surface area (Å²) in [5.41, 5.74) is 1.33. The molecule has 0 bridgehead atoms. The van der Waals surface area contributed by atoms with E-state index in [0.29, 0.717) is 12.2 Å². The molecule has 1 N–H and O–H groups in total. The molecule has 0 aliphatic rings. The minimum Gasteiger partial charge on any atom is -0.364 e. The Hall–Kier alpha value is -2.27. The van der Waals surface area contributed by atoms with Crippen molar-refractivity contribution in [1.82, 2.24) is 5.32 Å². The minimum atomic E-state index is -0.669. The molecule has 1 atom stereocenters. The molecular weight excluding hydrogens is 288 g/mol. The van der Waals surface area contributed by atoms with Crippen molar-refractivity contribution < 1.29 is 18.3 Å². The van der Waals surface area contributed by atoms with E-state index in [1.165, 1.54) is 12.1 Å². The first-order valence-electron chi connectivity index (χ1n) is 6.93. The zero-order chi connectivity index (χ0) is 15.9. The molecule has 0 aromatic heterocycles. The lowest BCUT2D eigenvalue weighted by molar-refractivity contribution is -0.132. The monoisotopic (exact) mass is 305 g/mol. The highest BCUT2D eigenvalue weighted by atomic mass is 19.1. The van der Waals surface area contributed by atoms with Crippen molar-refractivity contribution in [2.24, 2.45) is 0 Å². The van der Waals surface area contributed by atoms with Crippen molar-refractivity contribution in [2.75, 3.05) is 0 Å². The van der Waals surface area contributed by atoms with Crippen molar-refractivity contribution in [3.63, 3.8) is 0 Å². The van der Waals surface area contributed by atoms with Crippen LogP contribution in [0.3, 0.4) is 0 Å². The zero-order valence-corrected chi connectivity index (χ0v) is 12.2. The molecule has 0 saturated heterocycles. The summed E-state index contributed by atoms with van der Waals surface area (Å²) in [6.07, 6.45) is -0.654. The van der Waals surface area contributed by atoms with Crippen molar-refractivity contribution in [2.45, 2.75) is 26.2 Å². The van der Waals surface area contributed by atoms with E-state index in [4.69, 9.17) is 4.74 Å². The first-order valence-corrected chi connectivity index (χ1v) is 6.93. The zero-order valence-electron chi connectivity index (χ0n) is 12.2. The molecule has 22 heavy (non-hydrogen) atoms. The highest BCUT2D eigenvalue weighted by Gasteiger charge is 2.13. The van der Waals surface area contributed by atoms with Crippen molar-refractivity contribution in [3.05, 3.63) is 71.3 Å². The van der Waals surface area contributed by atoms with Crippen molar-refractivity contribution in [1.29, 1.82) is 0 Å². The van der Waals surface area contributed by atoms with Gasteiger partial charge in [0.15, 0.2) is 0 Å². The lowest BCUT2D eigenvalue weighted by Crippen LogP contribution is -2.34. The van der Waals surface area contributed by atoms with Gasteiger partial charge in [-0.1, -0.05) is 30.3 Å². The van der Waals surface area contributed by atoms with Crippen molar-refractivity contribution >= 4 is 5.91 Å². The van der Waals surface area contributed by atoms with Crippen LogP contribution in [0.2, 0.25) is 0 Å². The fourth-order valence-corrected chi connectivity index (χ4v) is 1.92. The molecule has 0 aliphatic heterocycles. The molecule has 0 aliphatic carbocycles. The quantitative estimate of drug-likeness (QED) is 0.890. The molecule has 0 saturated carbocycles. The van der Waals surface area contributed by atoms with Gasteiger partial charge in [0.2, 0.25) is 5.91 Å². The van der Waals surface area contributed by atoms with E-state index >= 15 is 0 Å². The summed E-state index contributed by atoms with van der Waals surface area (Å²) in [4.78, 5) is 11.9. The van der Waals surface area contributed by atoms with Crippen LogP contribution >= 0.6 is 0 Å². The second kappa shape index (κ2) is 7.66. The summed E-state index contributed by atoms with van der Waals surface area (Å²) in [7, 11) is 0. The van der Waals surface area contributed by atoms with Crippen LogP contribution < -0.4 is 5.32 Å². The van der Waals surface area contributed by atoms with E-state index < -0.39 is 17.7 Å². The van der Waals surface area contributed by atoms with E-state index in [-0.39, 0.29) is 12.5 Å². The molecule has 0 radical (unpaired) electrons. The van der Waals surface area contributed by atoms with E-state index in [9.17, 15) is 13.6 Å². The van der Waals surface area contributed by atoms with Crippen LogP contribution in [0.25, 0.3) is 0 Å². The molecule has 0 fully saturated rings. The molecule has 1 unspecified atom stereocenters. The summed E-state index contributed by atoms with van der Waals surface area (Å²) in [5, 5.41) is 2.59. The van der Waals surface area contributed by atoms with Gasteiger partial charge in [-0.3, -0.25) is 4.79 Å². The number of hydrogen-bond donors (Lipinski definition) is 1. The topological polar surface area (TPSA) is 38.3 Å². The lowest BCUT2D eigenvalue weighted by Gasteiger charge is -2.13. The number of hydrogen-bond acceptors (Lipinski definition) is 2. The van der Waals surface area contributed by atoms with Gasteiger partial charge in [-0.2, -0.15) is 0 Å². The Morgan fingerprint density at radius 3 is 2.36 bits per heavy atom. The maximum absolute atomic E-state index is 13.0. The number of amides is 1. The van der Waals surface area contributed by atoms with Gasteiger partial charge >= 0.3 is 0 Å². The summed E-state index contributed by atoms with van der Waals surface area (Å²) in [6, 6.07) is 12.6. The standard InChI is InChI=1S/C17H17F2NO2/c1-12(22-11-13-5-3-2-4-6-13)17(21)20-10-14-7-15(18)9-16(19)8-14/h2-9,12H,10-11H2,1H3,(H,20,21). The molecule has 5 heteroatoms. The van der Waals surface area contributed by atoms with Crippen LogP contribution in [0.1, 0.15) is 18.1 Å². The Labute approximate surface area is 127 Å². The van der Waals surface area contributed by atoms with E-state index in [1.54, 1.807) is 6.92 Å². The van der Waals surface area contributed by atoms with Crippen molar-refractivity contribution in [3.8, 4) is 0 Å². The maximum atomic E-state index is 13.0. The number of ether oxygens (including phenoxy) is 1. The van der Waals surface area contributed by atoms with Gasteiger partial charge in [0.05, 0.1) is 6.61 Å². The summed E-state index contributed by atoms with van der Waals surface area (Å²) in [6.45, 7) is 2.00. The van der Waals surface area contributed by atoms with Gasteiger partial charge in [-0.25, -0.2) is 8.78 Å². The molecular formula is C17H17F2NO2. The first kappa shape index (κ1) is 16.1. The second-order valence-electron chi connectivity index (χ2n) is 4.93. The van der Waals surface area contributed by atoms with Gasteiger partial charge in [0, 0.05) is 12.6 Å². The van der Waals surface area contributed by atoms with Gasteiger partial charge in [0.25, 0.3) is 0 Å². The fraction of sp³-hybridized carbons (Fsp3) is 0.235. The van der Waals surface area contributed by atoms with Gasteiger partial charge in [-0.15, -0.1) is 0 Å². The van der Waals surface area contributed by atoms with E-state index in [1.807, 2.05) is 30.3 Å². The molecule has 116 valence electrons. The molecule has 2 rings (SSSR count). The van der Waals surface area contributed by atoms with Crippen LogP contribution in [-0.4, -0.2) is 12.0 Å². The highest BCUT2D eigenvalue weighted by Crippen LogP contribution is 2.08. The van der Waals surface area contributed by atoms with E-state index in [2.05, 4.69) is 5.32 Å². The molecule has 3 nitrogen and oxygen atoms in total. The summed E-state index contributed by atoms with van der Waals surface area (Å²) in [5.74, 6) is -1.67. The highest BCUT2D eigenvalue weighted by molar-refractivity contribution is 5.80. The Bertz CT molecular complexity index is 612. The Morgan fingerprint density at radius 1 is 1.09 bits per heavy atom. The van der Waals surface area contributed by atoms with Crippen LogP contribution in [0.4, 0.5) is 8.78 Å². The van der Waals surface area contributed by atoms with Crippen LogP contribution in [-0.2, 0) is 22.7 Å². The molecule has 0 heterocycles. The minimum absolute atomic E-state index is 0.0482. The predicted molar refractivity (Wildman–Crippen MR) is 78.9 cm³/mol. The van der Waals surface area contributed by atoms with Crippen LogP contribution in [0.5, 0.6) is 0 Å². The number of carbonyl (C=O) groups is 1. The lowest BCUT2D eigenvalue weighted by atomic mass is 10.2. The predicted octanol–water partition coefficient (Wildman–Crippen LogP) is 3.19. The number of carbonyl (C=O) groups excluding carboxylic acids is 1. The fourth-order valence-electron chi connectivity index (χ4n) is 1.92. The first-order chi connectivity index (χ1) is 10.5. The Balaban J connectivity index is 1.81. The third-order valence-corrected chi connectivity index (χ3v) is 3.10.